The zero-order chi connectivity index (χ0) is 8.10. The molecule has 0 aliphatic carbocycles. The third kappa shape index (κ3) is 3.41. The van der Waals surface area contributed by atoms with E-state index >= 15 is 0 Å². The third-order valence-electron chi connectivity index (χ3n) is 1.29. The van der Waals surface area contributed by atoms with Crippen LogP contribution in [0.3, 0.4) is 0 Å². The van der Waals surface area contributed by atoms with E-state index in [1.807, 2.05) is 18.2 Å². The number of thioether (sulfide) groups is 1. The Bertz CT molecular complexity index is 199. The summed E-state index contributed by atoms with van der Waals surface area (Å²) >= 11 is 1.54. The highest BCUT2D eigenvalue weighted by atomic mass is 32.2. The van der Waals surface area contributed by atoms with E-state index in [4.69, 9.17) is 11.5 Å². The Hall–Kier alpha value is -0.510. The largest absolute Gasteiger partial charge is 0.307 e. The van der Waals surface area contributed by atoms with Gasteiger partial charge in [0.05, 0.1) is 0 Å². The van der Waals surface area contributed by atoms with Gasteiger partial charge in [0.25, 0.3) is 0 Å². The average molecular weight is 168 g/mol. The molecule has 0 heterocycles. The summed E-state index contributed by atoms with van der Waals surface area (Å²) < 4.78 is 0. The molecular formula is C8H12N2S. The molecule has 0 aliphatic rings. The predicted molar refractivity (Wildman–Crippen MR) is 49.9 cm³/mol. The van der Waals surface area contributed by atoms with Crippen LogP contribution in [0.1, 0.15) is 5.56 Å². The van der Waals surface area contributed by atoms with Crippen LogP contribution in [0.25, 0.3) is 0 Å². The van der Waals surface area contributed by atoms with Gasteiger partial charge in [-0.15, -0.1) is 11.8 Å². The molecule has 60 valence electrons. The second kappa shape index (κ2) is 4.38. The molecule has 0 radical (unpaired) electrons. The first-order valence-electron chi connectivity index (χ1n) is 3.46. The SMILES string of the molecule is NC(N)SCc1ccccc1. The second-order valence-electron chi connectivity index (χ2n) is 2.26. The van der Waals surface area contributed by atoms with Gasteiger partial charge in [0.2, 0.25) is 0 Å². The van der Waals surface area contributed by atoms with Crippen LogP contribution >= 0.6 is 11.8 Å². The van der Waals surface area contributed by atoms with Crippen molar-refractivity contribution in [3.8, 4) is 0 Å². The summed E-state index contributed by atoms with van der Waals surface area (Å²) in [6.07, 6.45) is 0. The molecule has 0 aromatic heterocycles. The van der Waals surface area contributed by atoms with E-state index in [1.165, 1.54) is 17.3 Å². The normalized spacial score (nSPS) is 10.5. The van der Waals surface area contributed by atoms with E-state index in [9.17, 15) is 0 Å². The van der Waals surface area contributed by atoms with Crippen molar-refractivity contribution in [3.05, 3.63) is 35.9 Å². The van der Waals surface area contributed by atoms with Crippen molar-refractivity contribution in [2.75, 3.05) is 0 Å². The maximum atomic E-state index is 5.38. The van der Waals surface area contributed by atoms with Crippen LogP contribution in [-0.4, -0.2) is 5.50 Å². The molecular weight excluding hydrogens is 156 g/mol. The van der Waals surface area contributed by atoms with Crippen LogP contribution < -0.4 is 11.5 Å². The number of hydrogen-bond donors (Lipinski definition) is 2. The lowest BCUT2D eigenvalue weighted by Gasteiger charge is -2.03. The molecule has 0 amide bonds. The molecule has 0 spiro atoms. The number of benzene rings is 1. The highest BCUT2D eigenvalue weighted by molar-refractivity contribution is 7.99. The van der Waals surface area contributed by atoms with Crippen LogP contribution in [-0.2, 0) is 5.75 Å². The van der Waals surface area contributed by atoms with Crippen molar-refractivity contribution in [3.63, 3.8) is 0 Å². The second-order valence-corrected chi connectivity index (χ2v) is 3.43. The summed E-state index contributed by atoms with van der Waals surface area (Å²) in [6, 6.07) is 10.1. The molecule has 1 aromatic carbocycles. The van der Waals surface area contributed by atoms with Gasteiger partial charge in [-0.25, -0.2) is 0 Å². The predicted octanol–water partition coefficient (Wildman–Crippen LogP) is 1.12. The Morgan fingerprint density at radius 1 is 1.18 bits per heavy atom. The minimum absolute atomic E-state index is 0.268. The number of rotatable bonds is 3. The summed E-state index contributed by atoms with van der Waals surface area (Å²) in [5, 5.41) is 0. The smallest absolute Gasteiger partial charge is 0.101 e. The average Bonchev–Trinajstić information content (AvgIpc) is 2.03. The summed E-state index contributed by atoms with van der Waals surface area (Å²) in [4.78, 5) is 0. The van der Waals surface area contributed by atoms with Crippen LogP contribution in [0.2, 0.25) is 0 Å². The summed E-state index contributed by atoms with van der Waals surface area (Å²) in [5.74, 6) is 0.887. The monoisotopic (exact) mass is 168 g/mol. The van der Waals surface area contributed by atoms with Crippen LogP contribution in [0.15, 0.2) is 30.3 Å². The van der Waals surface area contributed by atoms with E-state index in [0.29, 0.717) is 0 Å². The molecule has 3 heteroatoms. The molecule has 4 N–H and O–H groups in total. The van der Waals surface area contributed by atoms with Gasteiger partial charge in [0, 0.05) is 5.75 Å². The van der Waals surface area contributed by atoms with Crippen molar-refractivity contribution in [2.24, 2.45) is 11.5 Å². The van der Waals surface area contributed by atoms with E-state index < -0.39 is 0 Å². The van der Waals surface area contributed by atoms with E-state index in [-0.39, 0.29) is 5.50 Å². The topological polar surface area (TPSA) is 52.0 Å². The van der Waals surface area contributed by atoms with Crippen molar-refractivity contribution >= 4 is 11.8 Å². The van der Waals surface area contributed by atoms with E-state index in [2.05, 4.69) is 12.1 Å². The minimum Gasteiger partial charge on any atom is -0.307 e. The molecule has 11 heavy (non-hydrogen) atoms. The Kier molecular flexibility index (Phi) is 3.42. The molecule has 1 aromatic rings. The van der Waals surface area contributed by atoms with Crippen LogP contribution in [0.4, 0.5) is 0 Å². The van der Waals surface area contributed by atoms with E-state index in [0.717, 1.165) is 5.75 Å². The highest BCUT2D eigenvalue weighted by Crippen LogP contribution is 2.11. The minimum atomic E-state index is -0.268. The van der Waals surface area contributed by atoms with Gasteiger partial charge in [-0.05, 0) is 5.56 Å². The first-order chi connectivity index (χ1) is 5.29. The maximum Gasteiger partial charge on any atom is 0.101 e. The Morgan fingerprint density at radius 2 is 1.82 bits per heavy atom. The molecule has 0 bridgehead atoms. The fourth-order valence-corrected chi connectivity index (χ4v) is 1.34. The lowest BCUT2D eigenvalue weighted by atomic mass is 10.2. The molecule has 1 rings (SSSR count). The fourth-order valence-electron chi connectivity index (χ4n) is 0.767. The molecule has 0 fully saturated rings. The summed E-state index contributed by atoms with van der Waals surface area (Å²) in [6.45, 7) is 0. The van der Waals surface area contributed by atoms with Crippen molar-refractivity contribution in [2.45, 2.75) is 11.3 Å². The molecule has 2 nitrogen and oxygen atoms in total. The quantitative estimate of drug-likeness (QED) is 0.665. The zero-order valence-electron chi connectivity index (χ0n) is 6.23. The molecule has 0 atom stereocenters. The van der Waals surface area contributed by atoms with Crippen molar-refractivity contribution in [1.82, 2.24) is 0 Å². The molecule has 0 aliphatic heterocycles. The van der Waals surface area contributed by atoms with Crippen LogP contribution in [0.5, 0.6) is 0 Å². The first kappa shape index (κ1) is 8.59. The third-order valence-corrected chi connectivity index (χ3v) is 2.17. The molecule has 0 saturated heterocycles. The van der Waals surface area contributed by atoms with Crippen molar-refractivity contribution in [1.29, 1.82) is 0 Å². The maximum absolute atomic E-state index is 5.38. The zero-order valence-corrected chi connectivity index (χ0v) is 7.05. The van der Waals surface area contributed by atoms with Gasteiger partial charge in [0.15, 0.2) is 0 Å². The van der Waals surface area contributed by atoms with Gasteiger partial charge < -0.3 is 11.5 Å². The van der Waals surface area contributed by atoms with Gasteiger partial charge in [-0.1, -0.05) is 30.3 Å². The Labute approximate surface area is 71.0 Å². The van der Waals surface area contributed by atoms with Crippen molar-refractivity contribution < 1.29 is 0 Å². The lowest BCUT2D eigenvalue weighted by Crippen LogP contribution is -2.26. The van der Waals surface area contributed by atoms with Gasteiger partial charge in [-0.2, -0.15) is 0 Å². The van der Waals surface area contributed by atoms with Gasteiger partial charge >= 0.3 is 0 Å². The molecule has 0 saturated carbocycles. The van der Waals surface area contributed by atoms with E-state index in [1.54, 1.807) is 0 Å². The first-order valence-corrected chi connectivity index (χ1v) is 4.50. The Morgan fingerprint density at radius 3 is 2.36 bits per heavy atom. The number of hydrogen-bond acceptors (Lipinski definition) is 3. The highest BCUT2D eigenvalue weighted by Gasteiger charge is 1.94. The van der Waals surface area contributed by atoms with Crippen LogP contribution in [0, 0.1) is 0 Å². The Balaban J connectivity index is 2.39. The van der Waals surface area contributed by atoms with Gasteiger partial charge in [-0.3, -0.25) is 0 Å². The standard InChI is InChI=1S/C8H12N2S/c9-8(10)11-6-7-4-2-1-3-5-7/h1-5,8H,6,9-10H2. The fraction of sp³-hybridized carbons (Fsp3) is 0.250. The lowest BCUT2D eigenvalue weighted by molar-refractivity contribution is 0.986. The molecule has 0 unspecified atom stereocenters. The summed E-state index contributed by atoms with van der Waals surface area (Å²) in [5.41, 5.74) is 11.8. The number of nitrogens with two attached hydrogens (primary N) is 2. The summed E-state index contributed by atoms with van der Waals surface area (Å²) in [7, 11) is 0. The van der Waals surface area contributed by atoms with Gasteiger partial charge in [0.1, 0.15) is 5.50 Å².